The second kappa shape index (κ2) is 5.02. The van der Waals surface area contributed by atoms with Crippen molar-refractivity contribution in [2.75, 3.05) is 0 Å². The molecular formula is C12H10ClF3N2S. The Balaban J connectivity index is 2.68. The first-order chi connectivity index (χ1) is 8.84. The lowest BCUT2D eigenvalue weighted by Crippen LogP contribution is -2.07. The highest BCUT2D eigenvalue weighted by Gasteiger charge is 2.31. The molecule has 7 heteroatoms. The van der Waals surface area contributed by atoms with Crippen LogP contribution in [-0.2, 0) is 12.6 Å². The van der Waals surface area contributed by atoms with Crippen LogP contribution >= 0.6 is 23.8 Å². The van der Waals surface area contributed by atoms with E-state index in [2.05, 4.69) is 4.98 Å². The van der Waals surface area contributed by atoms with Crippen molar-refractivity contribution in [3.63, 3.8) is 0 Å². The minimum absolute atomic E-state index is 0.221. The fourth-order valence-corrected chi connectivity index (χ4v) is 2.27. The van der Waals surface area contributed by atoms with Crippen LogP contribution in [-0.4, -0.2) is 9.55 Å². The van der Waals surface area contributed by atoms with Crippen molar-refractivity contribution in [2.24, 2.45) is 0 Å². The van der Waals surface area contributed by atoms with Gasteiger partial charge in [0.2, 0.25) is 0 Å². The van der Waals surface area contributed by atoms with Gasteiger partial charge < -0.3 is 4.98 Å². The topological polar surface area (TPSA) is 20.7 Å². The van der Waals surface area contributed by atoms with Crippen LogP contribution in [0.2, 0.25) is 5.02 Å². The Hall–Kier alpha value is -1.27. The largest absolute Gasteiger partial charge is 0.416 e. The maximum Gasteiger partial charge on any atom is 0.416 e. The number of hydrogen-bond donors (Lipinski definition) is 1. The minimum atomic E-state index is -4.41. The molecule has 0 atom stereocenters. The molecule has 1 N–H and O–H groups in total. The van der Waals surface area contributed by atoms with Crippen molar-refractivity contribution in [3.05, 3.63) is 45.4 Å². The van der Waals surface area contributed by atoms with E-state index in [1.807, 2.05) is 6.92 Å². The average molecular weight is 307 g/mol. The molecule has 1 aromatic carbocycles. The van der Waals surface area contributed by atoms with Gasteiger partial charge in [-0.05, 0) is 36.8 Å². The SMILES string of the molecule is CCc1c[nH]c(=S)n1-c1cc(C(F)(F)F)ccc1Cl. The van der Waals surface area contributed by atoms with E-state index in [0.29, 0.717) is 11.2 Å². The number of aromatic amines is 1. The molecule has 0 aliphatic carbocycles. The van der Waals surface area contributed by atoms with Crippen LogP contribution < -0.4 is 0 Å². The number of nitrogens with zero attached hydrogens (tertiary/aromatic N) is 1. The second-order valence-electron chi connectivity index (χ2n) is 3.94. The molecule has 2 nitrogen and oxygen atoms in total. The Kier molecular flexibility index (Phi) is 3.73. The molecule has 2 aromatic rings. The van der Waals surface area contributed by atoms with Gasteiger partial charge in [0, 0.05) is 11.9 Å². The Labute approximate surface area is 117 Å². The summed E-state index contributed by atoms with van der Waals surface area (Å²) in [4.78, 5) is 2.81. The molecule has 1 aromatic heterocycles. The van der Waals surface area contributed by atoms with E-state index in [9.17, 15) is 13.2 Å². The fraction of sp³-hybridized carbons (Fsp3) is 0.250. The quantitative estimate of drug-likeness (QED) is 0.793. The van der Waals surface area contributed by atoms with Crippen LogP contribution in [0.4, 0.5) is 13.2 Å². The monoisotopic (exact) mass is 306 g/mol. The van der Waals surface area contributed by atoms with Crippen molar-refractivity contribution in [2.45, 2.75) is 19.5 Å². The van der Waals surface area contributed by atoms with Crippen LogP contribution in [0.5, 0.6) is 0 Å². The summed E-state index contributed by atoms with van der Waals surface area (Å²) in [6.45, 7) is 1.88. The summed E-state index contributed by atoms with van der Waals surface area (Å²) in [6.07, 6.45) is -2.12. The summed E-state index contributed by atoms with van der Waals surface area (Å²) in [5.74, 6) is 0. The molecule has 0 saturated heterocycles. The highest BCUT2D eigenvalue weighted by Crippen LogP contribution is 2.33. The zero-order chi connectivity index (χ0) is 14.2. The zero-order valence-corrected chi connectivity index (χ0v) is 11.5. The van der Waals surface area contributed by atoms with Crippen molar-refractivity contribution < 1.29 is 13.2 Å². The Morgan fingerprint density at radius 2 is 2.05 bits per heavy atom. The zero-order valence-electron chi connectivity index (χ0n) is 9.88. The normalized spacial score (nSPS) is 11.8. The van der Waals surface area contributed by atoms with E-state index in [0.717, 1.165) is 17.8 Å². The summed E-state index contributed by atoms with van der Waals surface area (Å²) in [5, 5.41) is 0.221. The Bertz CT molecular complexity index is 658. The summed E-state index contributed by atoms with van der Waals surface area (Å²) in [7, 11) is 0. The molecular weight excluding hydrogens is 297 g/mol. The van der Waals surface area contributed by atoms with Crippen LogP contribution in [0.25, 0.3) is 5.69 Å². The molecule has 0 fully saturated rings. The Morgan fingerprint density at radius 1 is 1.37 bits per heavy atom. The number of rotatable bonds is 2. The van der Waals surface area contributed by atoms with Crippen LogP contribution in [0.15, 0.2) is 24.4 Å². The van der Waals surface area contributed by atoms with Crippen molar-refractivity contribution in [3.8, 4) is 5.69 Å². The molecule has 19 heavy (non-hydrogen) atoms. The third-order valence-corrected chi connectivity index (χ3v) is 3.35. The van der Waals surface area contributed by atoms with Crippen molar-refractivity contribution in [1.29, 1.82) is 0 Å². The van der Waals surface area contributed by atoms with Gasteiger partial charge in [0.05, 0.1) is 16.3 Å². The predicted octanol–water partition coefficient (Wildman–Crippen LogP) is 4.77. The lowest BCUT2D eigenvalue weighted by atomic mass is 10.2. The van der Waals surface area contributed by atoms with Gasteiger partial charge in [-0.3, -0.25) is 4.57 Å². The first-order valence-electron chi connectivity index (χ1n) is 5.51. The Morgan fingerprint density at radius 3 is 2.63 bits per heavy atom. The van der Waals surface area contributed by atoms with Gasteiger partial charge in [0.1, 0.15) is 0 Å². The van der Waals surface area contributed by atoms with E-state index in [-0.39, 0.29) is 10.7 Å². The molecule has 0 saturated carbocycles. The number of benzene rings is 1. The first kappa shape index (κ1) is 14.1. The third-order valence-electron chi connectivity index (χ3n) is 2.73. The molecule has 0 radical (unpaired) electrons. The predicted molar refractivity (Wildman–Crippen MR) is 70.3 cm³/mol. The summed E-state index contributed by atoms with van der Waals surface area (Å²) >= 11 is 11.1. The number of halogens is 4. The highest BCUT2D eigenvalue weighted by atomic mass is 35.5. The summed E-state index contributed by atoms with van der Waals surface area (Å²) in [5.41, 5.74) is 0.253. The number of aromatic nitrogens is 2. The van der Waals surface area contributed by atoms with Crippen LogP contribution in [0, 0.1) is 4.77 Å². The van der Waals surface area contributed by atoms with Crippen molar-refractivity contribution >= 4 is 23.8 Å². The van der Waals surface area contributed by atoms with Crippen molar-refractivity contribution in [1.82, 2.24) is 9.55 Å². The number of alkyl halides is 3. The summed E-state index contributed by atoms with van der Waals surface area (Å²) in [6, 6.07) is 3.19. The molecule has 0 amide bonds. The van der Waals surface area contributed by atoms with Gasteiger partial charge in [-0.15, -0.1) is 0 Å². The van der Waals surface area contributed by atoms with E-state index in [1.54, 1.807) is 6.20 Å². The fourth-order valence-electron chi connectivity index (χ4n) is 1.79. The van der Waals surface area contributed by atoms with Gasteiger partial charge in [0.15, 0.2) is 4.77 Å². The van der Waals surface area contributed by atoms with Gasteiger partial charge in [-0.1, -0.05) is 18.5 Å². The van der Waals surface area contributed by atoms with Gasteiger partial charge in [-0.25, -0.2) is 0 Å². The maximum absolute atomic E-state index is 12.7. The van der Waals surface area contributed by atoms with E-state index in [1.165, 1.54) is 10.6 Å². The molecule has 0 aliphatic rings. The van der Waals surface area contributed by atoms with Gasteiger partial charge >= 0.3 is 6.18 Å². The number of nitrogens with one attached hydrogen (secondary N) is 1. The van der Waals surface area contributed by atoms with Crippen LogP contribution in [0.3, 0.4) is 0 Å². The molecule has 0 unspecified atom stereocenters. The third kappa shape index (κ3) is 2.69. The molecule has 1 heterocycles. The first-order valence-corrected chi connectivity index (χ1v) is 6.29. The number of hydrogen-bond acceptors (Lipinski definition) is 1. The van der Waals surface area contributed by atoms with E-state index < -0.39 is 11.7 Å². The molecule has 0 spiro atoms. The molecule has 2 rings (SSSR count). The number of H-pyrrole nitrogens is 1. The van der Waals surface area contributed by atoms with Gasteiger partial charge in [0.25, 0.3) is 0 Å². The lowest BCUT2D eigenvalue weighted by molar-refractivity contribution is -0.137. The highest BCUT2D eigenvalue weighted by molar-refractivity contribution is 7.71. The lowest BCUT2D eigenvalue weighted by Gasteiger charge is -2.13. The number of imidazole rings is 1. The second-order valence-corrected chi connectivity index (χ2v) is 4.73. The molecule has 0 aliphatic heterocycles. The standard InChI is InChI=1S/C12H10ClF3N2S/c1-2-8-6-17-11(19)18(8)10-5-7(12(14,15)16)3-4-9(10)13/h3-6H,2H2,1H3,(H,17,19). The molecule has 0 bridgehead atoms. The number of aryl methyl sites for hydroxylation is 1. The van der Waals surface area contributed by atoms with E-state index >= 15 is 0 Å². The minimum Gasteiger partial charge on any atom is -0.337 e. The summed E-state index contributed by atoms with van der Waals surface area (Å²) < 4.78 is 40.1. The van der Waals surface area contributed by atoms with E-state index in [4.69, 9.17) is 23.8 Å². The molecule has 102 valence electrons. The van der Waals surface area contributed by atoms with Crippen LogP contribution in [0.1, 0.15) is 18.2 Å². The maximum atomic E-state index is 12.7. The van der Waals surface area contributed by atoms with Gasteiger partial charge in [-0.2, -0.15) is 13.2 Å². The smallest absolute Gasteiger partial charge is 0.337 e. The average Bonchev–Trinajstić information content (AvgIpc) is 2.69.